The van der Waals surface area contributed by atoms with Crippen molar-refractivity contribution in [2.75, 3.05) is 5.32 Å². The van der Waals surface area contributed by atoms with Crippen molar-refractivity contribution < 1.29 is 13.6 Å². The summed E-state index contributed by atoms with van der Waals surface area (Å²) in [5, 5.41) is 11.3. The topological polar surface area (TPSA) is 65.8 Å². The molecule has 0 radical (unpaired) electrons. The lowest BCUT2D eigenvalue weighted by atomic mass is 10.1. The lowest BCUT2D eigenvalue weighted by Gasteiger charge is -2.08. The van der Waals surface area contributed by atoms with Gasteiger partial charge in [-0.1, -0.05) is 15.9 Å². The molecule has 2 rings (SSSR count). The van der Waals surface area contributed by atoms with E-state index in [4.69, 9.17) is 5.26 Å². The van der Waals surface area contributed by atoms with E-state index in [2.05, 4.69) is 26.2 Å². The quantitative estimate of drug-likeness (QED) is 0.855. The Hall–Kier alpha value is -2.33. The molecule has 20 heavy (non-hydrogen) atoms. The fourth-order valence-corrected chi connectivity index (χ4v) is 1.86. The first-order valence-corrected chi connectivity index (χ1v) is 6.13. The van der Waals surface area contributed by atoms with Crippen LogP contribution in [-0.4, -0.2) is 10.9 Å². The Balaban J connectivity index is 2.35. The number of amides is 1. The molecule has 0 spiro atoms. The van der Waals surface area contributed by atoms with Gasteiger partial charge < -0.3 is 5.32 Å². The van der Waals surface area contributed by atoms with Crippen LogP contribution in [0, 0.1) is 23.1 Å². The molecular weight excluding hydrogens is 332 g/mol. The van der Waals surface area contributed by atoms with Crippen LogP contribution in [0.3, 0.4) is 0 Å². The molecule has 0 saturated heterocycles. The fourth-order valence-electron chi connectivity index (χ4n) is 1.50. The number of benzene rings is 1. The average molecular weight is 338 g/mol. The van der Waals surface area contributed by atoms with Gasteiger partial charge in [-0.15, -0.1) is 0 Å². The van der Waals surface area contributed by atoms with Gasteiger partial charge in [-0.2, -0.15) is 9.65 Å². The van der Waals surface area contributed by atoms with E-state index in [0.717, 1.165) is 12.3 Å². The number of hydrogen-bond acceptors (Lipinski definition) is 3. The van der Waals surface area contributed by atoms with Gasteiger partial charge in [0.15, 0.2) is 5.82 Å². The molecule has 100 valence electrons. The summed E-state index contributed by atoms with van der Waals surface area (Å²) in [7, 11) is 0. The van der Waals surface area contributed by atoms with Gasteiger partial charge in [-0.05, 0) is 24.3 Å². The van der Waals surface area contributed by atoms with Crippen LogP contribution in [0.2, 0.25) is 0 Å². The van der Waals surface area contributed by atoms with E-state index >= 15 is 0 Å². The normalized spacial score (nSPS) is 9.90. The molecule has 0 saturated carbocycles. The van der Waals surface area contributed by atoms with Crippen molar-refractivity contribution in [3.05, 3.63) is 57.8 Å². The highest BCUT2D eigenvalue weighted by Gasteiger charge is 2.17. The number of carbonyl (C=O) groups excluding carboxylic acids is 1. The number of rotatable bonds is 2. The maximum absolute atomic E-state index is 13.4. The summed E-state index contributed by atoms with van der Waals surface area (Å²) in [6, 6.07) is 7.55. The summed E-state index contributed by atoms with van der Waals surface area (Å²) in [5.41, 5.74) is -0.0821. The van der Waals surface area contributed by atoms with E-state index in [1.807, 2.05) is 6.07 Å². The average Bonchev–Trinajstić information content (AvgIpc) is 2.42. The lowest BCUT2D eigenvalue weighted by Crippen LogP contribution is -2.15. The molecule has 1 aromatic heterocycles. The van der Waals surface area contributed by atoms with E-state index in [-0.39, 0.29) is 11.3 Å². The molecule has 0 aliphatic rings. The van der Waals surface area contributed by atoms with Gasteiger partial charge in [0.05, 0.1) is 16.8 Å². The van der Waals surface area contributed by atoms with Crippen molar-refractivity contribution in [2.45, 2.75) is 0 Å². The van der Waals surface area contributed by atoms with Gasteiger partial charge in [0, 0.05) is 10.7 Å². The van der Waals surface area contributed by atoms with E-state index < -0.39 is 23.2 Å². The van der Waals surface area contributed by atoms with E-state index in [1.165, 1.54) is 12.1 Å². The maximum atomic E-state index is 13.4. The van der Waals surface area contributed by atoms with Gasteiger partial charge in [-0.3, -0.25) is 4.79 Å². The third kappa shape index (κ3) is 2.81. The summed E-state index contributed by atoms with van der Waals surface area (Å²) in [4.78, 5) is 15.0. The van der Waals surface area contributed by atoms with Crippen LogP contribution in [0.1, 0.15) is 15.9 Å². The third-order valence-corrected chi connectivity index (χ3v) is 2.93. The molecule has 0 unspecified atom stereocenters. The van der Waals surface area contributed by atoms with Gasteiger partial charge in [0.1, 0.15) is 6.07 Å². The second-order valence-corrected chi connectivity index (χ2v) is 4.63. The monoisotopic (exact) mass is 337 g/mol. The maximum Gasteiger partial charge on any atom is 0.258 e. The first-order valence-electron chi connectivity index (χ1n) is 5.34. The van der Waals surface area contributed by atoms with Crippen LogP contribution in [-0.2, 0) is 0 Å². The number of nitriles is 1. The summed E-state index contributed by atoms with van der Waals surface area (Å²) in [6.07, 6.45) is 0.986. The summed E-state index contributed by atoms with van der Waals surface area (Å²) >= 11 is 3.19. The number of nitrogens with one attached hydrogen (secondary N) is 1. The highest BCUT2D eigenvalue weighted by Crippen LogP contribution is 2.22. The van der Waals surface area contributed by atoms with Gasteiger partial charge in [0.2, 0.25) is 5.95 Å². The molecular formula is C13H6BrF2N3O. The molecule has 1 heterocycles. The van der Waals surface area contributed by atoms with E-state index in [1.54, 1.807) is 6.07 Å². The summed E-state index contributed by atoms with van der Waals surface area (Å²) in [6.45, 7) is 0. The number of nitrogens with zero attached hydrogens (tertiary/aromatic N) is 2. The molecule has 0 aliphatic carbocycles. The number of hydrogen-bond donors (Lipinski definition) is 1. The molecule has 1 N–H and O–H groups in total. The van der Waals surface area contributed by atoms with Crippen molar-refractivity contribution in [2.24, 2.45) is 0 Å². The molecule has 7 heteroatoms. The second-order valence-electron chi connectivity index (χ2n) is 3.72. The number of aromatic nitrogens is 1. The molecule has 1 aromatic carbocycles. The highest BCUT2D eigenvalue weighted by molar-refractivity contribution is 9.10. The largest absolute Gasteiger partial charge is 0.321 e. The molecule has 1 amide bonds. The van der Waals surface area contributed by atoms with Crippen molar-refractivity contribution in [3.8, 4) is 6.07 Å². The highest BCUT2D eigenvalue weighted by atomic mass is 79.9. The Morgan fingerprint density at radius 2 is 2.10 bits per heavy atom. The van der Waals surface area contributed by atoms with Crippen LogP contribution in [0.25, 0.3) is 0 Å². The SMILES string of the molecule is N#Cc1ccc(Br)cc1NC(=O)c1ccnc(F)c1F. The standard InChI is InChI=1S/C13H6BrF2N3O/c14-8-2-1-7(6-17)10(5-8)19-13(20)9-3-4-18-12(16)11(9)15/h1-5H,(H,19,20). The summed E-state index contributed by atoms with van der Waals surface area (Å²) < 4.78 is 27.0. The van der Waals surface area contributed by atoms with Gasteiger partial charge >= 0.3 is 0 Å². The Morgan fingerprint density at radius 3 is 2.80 bits per heavy atom. The zero-order valence-electron chi connectivity index (χ0n) is 9.82. The molecule has 0 bridgehead atoms. The van der Waals surface area contributed by atoms with Crippen molar-refractivity contribution >= 4 is 27.5 Å². The number of halogens is 3. The summed E-state index contributed by atoms with van der Waals surface area (Å²) in [5.74, 6) is -3.55. The predicted molar refractivity (Wildman–Crippen MR) is 71.0 cm³/mol. The molecule has 4 nitrogen and oxygen atoms in total. The van der Waals surface area contributed by atoms with Crippen LogP contribution in [0.5, 0.6) is 0 Å². The van der Waals surface area contributed by atoms with Crippen molar-refractivity contribution in [1.29, 1.82) is 5.26 Å². The Bertz CT molecular complexity index is 728. The smallest absolute Gasteiger partial charge is 0.258 e. The van der Waals surface area contributed by atoms with E-state index in [0.29, 0.717) is 4.47 Å². The van der Waals surface area contributed by atoms with Crippen LogP contribution in [0.4, 0.5) is 14.5 Å². The van der Waals surface area contributed by atoms with Crippen molar-refractivity contribution in [1.82, 2.24) is 4.98 Å². The van der Waals surface area contributed by atoms with Gasteiger partial charge in [-0.25, -0.2) is 9.37 Å². The third-order valence-electron chi connectivity index (χ3n) is 2.44. The zero-order chi connectivity index (χ0) is 14.7. The lowest BCUT2D eigenvalue weighted by molar-refractivity contribution is 0.102. The Kier molecular flexibility index (Phi) is 4.05. The van der Waals surface area contributed by atoms with Crippen LogP contribution >= 0.6 is 15.9 Å². The molecule has 0 atom stereocenters. The number of pyridine rings is 1. The molecule has 2 aromatic rings. The molecule has 0 aliphatic heterocycles. The fraction of sp³-hybridized carbons (Fsp3) is 0. The Morgan fingerprint density at radius 1 is 1.35 bits per heavy atom. The predicted octanol–water partition coefficient (Wildman–Crippen LogP) is 3.25. The van der Waals surface area contributed by atoms with Crippen molar-refractivity contribution in [3.63, 3.8) is 0 Å². The van der Waals surface area contributed by atoms with Crippen LogP contribution < -0.4 is 5.32 Å². The first kappa shape index (κ1) is 14.1. The minimum absolute atomic E-state index is 0.198. The van der Waals surface area contributed by atoms with Gasteiger partial charge in [0.25, 0.3) is 5.91 Å². The zero-order valence-corrected chi connectivity index (χ0v) is 11.4. The minimum atomic E-state index is -1.35. The van der Waals surface area contributed by atoms with Crippen LogP contribution in [0.15, 0.2) is 34.9 Å². The Labute approximate surface area is 121 Å². The second kappa shape index (κ2) is 5.75. The van der Waals surface area contributed by atoms with E-state index in [9.17, 15) is 13.6 Å². The molecule has 0 fully saturated rings. The first-order chi connectivity index (χ1) is 9.52. The minimum Gasteiger partial charge on any atom is -0.321 e. The number of carbonyl (C=O) groups is 1. The number of anilines is 1.